The molecule has 0 bridgehead atoms. The molecule has 19 aromatic carbocycles. The molecule has 19 aromatic rings. The molecule has 0 radical (unpaired) electrons. The lowest BCUT2D eigenvalue weighted by molar-refractivity contribution is 0.327. The smallest absolute Gasteiger partial charge is 0.160 e. The normalized spacial score (nSPS) is 13.6. The van der Waals surface area contributed by atoms with Crippen LogP contribution < -0.4 is 14.7 Å². The second kappa shape index (κ2) is 44.3. The van der Waals surface area contributed by atoms with Crippen LogP contribution in [0.1, 0.15) is 132 Å². The Morgan fingerprint density at radius 1 is 0.238 bits per heavy atom. The monoisotopic (exact) mass is 1970 g/mol. The van der Waals surface area contributed by atoms with E-state index in [4.69, 9.17) is 4.18 Å². The minimum atomic E-state index is -3.13. The largest absolute Gasteiger partial charge is 0.311 e. The van der Waals surface area contributed by atoms with Crippen molar-refractivity contribution in [1.82, 2.24) is 0 Å². The number of benzene rings is 19. The van der Waals surface area contributed by atoms with Gasteiger partial charge in [-0.3, -0.25) is 4.18 Å². The highest BCUT2D eigenvalue weighted by Crippen LogP contribution is 2.47. The second-order valence-electron chi connectivity index (χ2n) is 39.4. The zero-order valence-electron chi connectivity index (χ0n) is 83.7. The molecule has 147 heavy (non-hydrogen) atoms. The minimum absolute atomic E-state index is 0.0870. The van der Waals surface area contributed by atoms with Crippen LogP contribution in [0.4, 0.5) is 51.2 Å². The molecule has 0 N–H and O–H groups in total. The average molecular weight is 1980 g/mol. The van der Waals surface area contributed by atoms with Crippen LogP contribution in [-0.4, -0.2) is 21.0 Å². The molecule has 22 rings (SSSR count). The molecule has 1 unspecified atom stereocenters. The van der Waals surface area contributed by atoms with Gasteiger partial charge in [0, 0.05) is 51.2 Å². The second-order valence-corrected chi connectivity index (χ2v) is 44.6. The highest BCUT2D eigenvalue weighted by atomic mass is 32.2. The summed E-state index contributed by atoms with van der Waals surface area (Å²) in [6.45, 7) is 9.56. The number of hydrogen-bond donors (Lipinski definition) is 0. The first-order valence-electron chi connectivity index (χ1n) is 51.6. The van der Waals surface area contributed by atoms with Crippen LogP contribution >= 0.6 is 0 Å². The molecule has 0 spiro atoms. The Hall–Kier alpha value is -15.4. The molecule has 0 amide bonds. The van der Waals surface area contributed by atoms with E-state index in [1.807, 2.05) is 24.3 Å². The number of sulfone groups is 2. The summed E-state index contributed by atoms with van der Waals surface area (Å²) in [5, 5.41) is 0. The lowest BCUT2D eigenvalue weighted by atomic mass is 9.84. The molecule has 3 heterocycles. The van der Waals surface area contributed by atoms with E-state index in [9.17, 15) is 21.0 Å². The Labute approximate surface area is 869 Å². The molecule has 12 heteroatoms. The summed E-state index contributed by atoms with van der Waals surface area (Å²) < 4.78 is 67.7. The molecule has 0 saturated carbocycles. The number of hydrogen-bond acceptors (Lipinski definition) is 9. The van der Waals surface area contributed by atoms with Gasteiger partial charge in [0.15, 0.2) is 30.8 Å². The lowest BCUT2D eigenvalue weighted by Gasteiger charge is -2.28. The Kier molecular flexibility index (Phi) is 29.4. The first kappa shape index (κ1) is 97.7. The van der Waals surface area contributed by atoms with Gasteiger partial charge < -0.3 is 14.7 Å². The van der Waals surface area contributed by atoms with Crippen molar-refractivity contribution in [3.8, 4) is 111 Å². The molecule has 728 valence electrons. The topological polar surface area (TPSA) is 104 Å². The van der Waals surface area contributed by atoms with Gasteiger partial charge in [-0.05, 0) is 345 Å². The minimum Gasteiger partial charge on any atom is -0.311 e. The first-order chi connectivity index (χ1) is 71.9. The summed E-state index contributed by atoms with van der Waals surface area (Å²) in [5.74, 6) is 0.858. The Balaban J connectivity index is 0.000000244. The highest BCUT2D eigenvalue weighted by molar-refractivity contribution is 7.90. The van der Waals surface area contributed by atoms with Gasteiger partial charge in [0.25, 0.3) is 0 Å². The number of unbranched alkanes of at least 4 members (excludes halogenated alkanes) is 6. The van der Waals surface area contributed by atoms with Gasteiger partial charge in [0.2, 0.25) is 0 Å². The molecule has 0 fully saturated rings. The fourth-order valence-corrected chi connectivity index (χ4v) is 25.3. The molecule has 0 aliphatic carbocycles. The maximum atomic E-state index is 12.6. The average Bonchev–Trinajstić information content (AvgIpc) is 1.39. The van der Waals surface area contributed by atoms with Crippen molar-refractivity contribution in [2.45, 2.75) is 134 Å². The van der Waals surface area contributed by atoms with Gasteiger partial charge >= 0.3 is 0 Å². The van der Waals surface area contributed by atoms with Gasteiger partial charge in [-0.15, -0.1) is 0 Å². The van der Waals surface area contributed by atoms with Crippen molar-refractivity contribution < 1.29 is 25.2 Å². The molecule has 0 saturated heterocycles. The summed E-state index contributed by atoms with van der Waals surface area (Å²) in [7, 11) is -6.26. The van der Waals surface area contributed by atoms with E-state index in [0.717, 1.165) is 161 Å². The zero-order chi connectivity index (χ0) is 100. The van der Waals surface area contributed by atoms with E-state index in [2.05, 4.69) is 461 Å². The lowest BCUT2D eigenvalue weighted by Crippen LogP contribution is -2.11. The Morgan fingerprint density at radius 2 is 0.503 bits per heavy atom. The van der Waals surface area contributed by atoms with Crippen molar-refractivity contribution in [3.05, 3.63) is 510 Å². The molecule has 3 aliphatic heterocycles. The summed E-state index contributed by atoms with van der Waals surface area (Å²) in [6.07, 6.45) is 12.1. The van der Waals surface area contributed by atoms with Crippen molar-refractivity contribution in [1.29, 1.82) is 0 Å². The maximum Gasteiger partial charge on any atom is 0.160 e. The van der Waals surface area contributed by atoms with Crippen LogP contribution in [0.2, 0.25) is 0 Å². The Morgan fingerprint density at radius 3 is 0.823 bits per heavy atom. The number of nitrogens with zero attached hydrogens (tertiary/aromatic N) is 3. The van der Waals surface area contributed by atoms with Crippen LogP contribution in [0.3, 0.4) is 0 Å². The van der Waals surface area contributed by atoms with E-state index in [0.29, 0.717) is 12.4 Å². The number of rotatable bonds is 31. The number of aryl methyl sites for hydroxylation is 4. The fraction of sp³-hybridized carbons (Fsp3) is 0.156. The van der Waals surface area contributed by atoms with Gasteiger partial charge in [0.1, 0.15) is 0 Å². The standard InChI is InChI=1S/C96H88N2O4S2.C39H31NO2S/c1-5-7-9-13-23-81-61-96(94-56-54-92(58-68(94)4)98(90-51-43-78(44-52-90)80-34-36-84-64-104(101,102)66-86(84)60-80)88-47-39-76(40-48-88)74-31-27-72(28-32-74)70-21-17-12-18-22-70)82(24-14-10-8-6-2)62-95(81)93-55-53-91(57-67(93)3)97(89-49-41-77(42-50-89)79-33-35-83-63-103(99,100)65-85(83)59-79)87-45-37-75(38-46-87)73-29-25-71(26-30-73)69-19-15-11-16-20-69;41-43-28-35-14-11-30(26-36(35)27-42-43)25-29-12-19-37(20-13-29)40(38-21-15-33(16-22-38)31-7-3-1-4-8-31)39-23-17-34(18-24-39)32-9-5-2-6-10-32/h11-12,15-22,25-62H,5-10,13-14,23-24,63-66H2,1-4H3;1-24,26H,25,27-28H2. The quantitative estimate of drug-likeness (QED) is 0.0393. The molecule has 0 aromatic heterocycles. The SMILES string of the molecule is CCCCCCc1cc(-c2ccc(N(c3ccc(-c4ccc(-c5ccccc5)cc4)cc3)c3ccc(-c4ccc5c(c4)CS(=O)(=O)C5)cc3)cc2C)c(CCCCCC)cc1-c1ccc(N(c2ccc(-c3ccc(-c4ccccc4)cc3)cc2)c2ccc(-c3ccc4c(c3)CS(=O)(=O)C4)cc2)cc1C.O=S1Cc2ccc(Cc3ccc(N(c4ccc(-c5ccccc5)cc4)c4ccc(-c5ccccc5)cc4)cc3)cc2CO1. The molecular formula is C135H119N3O6S3. The molecule has 3 aliphatic rings. The zero-order valence-corrected chi connectivity index (χ0v) is 86.1. The van der Waals surface area contributed by atoms with Gasteiger partial charge in [-0.1, -0.05) is 374 Å². The fourth-order valence-electron chi connectivity index (χ4n) is 21.2. The van der Waals surface area contributed by atoms with Crippen LogP contribution in [0.25, 0.3) is 111 Å². The van der Waals surface area contributed by atoms with E-state index in [-0.39, 0.29) is 23.0 Å². The van der Waals surface area contributed by atoms with E-state index in [1.54, 1.807) is 0 Å². The Bertz CT molecular complexity index is 7730. The van der Waals surface area contributed by atoms with Crippen LogP contribution in [0.15, 0.2) is 443 Å². The first-order valence-corrected chi connectivity index (χ1v) is 56.5. The summed E-state index contributed by atoms with van der Waals surface area (Å²) in [5.41, 5.74) is 46.4. The number of anilines is 9. The van der Waals surface area contributed by atoms with Crippen molar-refractivity contribution in [3.63, 3.8) is 0 Å². The van der Waals surface area contributed by atoms with Crippen molar-refractivity contribution >= 4 is 81.9 Å². The van der Waals surface area contributed by atoms with E-state index < -0.39 is 30.8 Å². The summed E-state index contributed by atoms with van der Waals surface area (Å²) in [4.78, 5) is 7.04. The predicted octanol–water partition coefficient (Wildman–Crippen LogP) is 35.5. The predicted molar refractivity (Wildman–Crippen MR) is 615 cm³/mol. The molecule has 1 atom stereocenters. The van der Waals surface area contributed by atoms with Gasteiger partial charge in [-0.25, -0.2) is 21.0 Å². The van der Waals surface area contributed by atoms with Crippen LogP contribution in [-0.2, 0) is 89.6 Å². The molecular weight excluding hydrogens is 1860 g/mol. The third-order valence-electron chi connectivity index (χ3n) is 29.1. The van der Waals surface area contributed by atoms with E-state index >= 15 is 0 Å². The summed E-state index contributed by atoms with van der Waals surface area (Å²) in [6, 6.07) is 159. The highest BCUT2D eigenvalue weighted by Gasteiger charge is 2.29. The van der Waals surface area contributed by atoms with Crippen LogP contribution in [0.5, 0.6) is 0 Å². The van der Waals surface area contributed by atoms with Crippen molar-refractivity contribution in [2.75, 3.05) is 14.7 Å². The van der Waals surface area contributed by atoms with Crippen molar-refractivity contribution in [2.24, 2.45) is 0 Å². The third-order valence-corrected chi connectivity index (χ3v) is 33.1. The number of fused-ring (bicyclic) bond motifs is 3. The summed E-state index contributed by atoms with van der Waals surface area (Å²) >= 11 is -1.21. The van der Waals surface area contributed by atoms with E-state index in [1.165, 1.54) is 139 Å². The van der Waals surface area contributed by atoms with Gasteiger partial charge in [0.05, 0.1) is 35.4 Å². The van der Waals surface area contributed by atoms with Crippen LogP contribution in [0, 0.1) is 13.8 Å². The maximum absolute atomic E-state index is 12.6. The molecule has 9 nitrogen and oxygen atoms in total. The third kappa shape index (κ3) is 22.7. The van der Waals surface area contributed by atoms with Gasteiger partial charge in [-0.2, -0.15) is 0 Å².